The van der Waals surface area contributed by atoms with Crippen molar-refractivity contribution in [3.05, 3.63) is 53.7 Å². The van der Waals surface area contributed by atoms with Crippen molar-refractivity contribution in [2.45, 2.75) is 12.5 Å². The van der Waals surface area contributed by atoms with Gasteiger partial charge in [-0.15, -0.1) is 0 Å². The lowest BCUT2D eigenvalue weighted by atomic mass is 10.1. The molecule has 1 aromatic heterocycles. The van der Waals surface area contributed by atoms with E-state index in [0.29, 0.717) is 35.9 Å². The number of methoxy groups -OCH3 is 1. The lowest BCUT2D eigenvalue weighted by Gasteiger charge is -2.20. The Morgan fingerprint density at radius 1 is 1.23 bits per heavy atom. The third-order valence-electron chi connectivity index (χ3n) is 4.13. The second-order valence-electron chi connectivity index (χ2n) is 5.86. The first-order valence-corrected chi connectivity index (χ1v) is 8.26. The topological polar surface area (TPSA) is 78.0 Å². The van der Waals surface area contributed by atoms with Gasteiger partial charge in [0.15, 0.2) is 0 Å². The predicted octanol–water partition coefficient (Wildman–Crippen LogP) is 2.31. The van der Waals surface area contributed by atoms with Crippen molar-refractivity contribution in [3.8, 4) is 5.88 Å². The zero-order valence-corrected chi connectivity index (χ0v) is 14.7. The van der Waals surface area contributed by atoms with Gasteiger partial charge < -0.3 is 19.1 Å². The highest BCUT2D eigenvalue weighted by molar-refractivity contribution is 6.09. The number of rotatable bonds is 5. The van der Waals surface area contributed by atoms with Crippen molar-refractivity contribution in [2.24, 2.45) is 0 Å². The molecule has 1 aromatic carbocycles. The van der Waals surface area contributed by atoms with Crippen LogP contribution in [-0.4, -0.2) is 50.3 Å². The van der Waals surface area contributed by atoms with E-state index in [1.54, 1.807) is 43.4 Å². The second-order valence-corrected chi connectivity index (χ2v) is 5.86. The first kappa shape index (κ1) is 17.9. The minimum absolute atomic E-state index is 0.00124. The Balaban J connectivity index is 1.75. The van der Waals surface area contributed by atoms with E-state index in [9.17, 15) is 9.59 Å². The average Bonchev–Trinajstić information content (AvgIpc) is 3.20. The zero-order valence-electron chi connectivity index (χ0n) is 14.7. The molecule has 1 fully saturated rings. The van der Waals surface area contributed by atoms with Gasteiger partial charge in [0.05, 0.1) is 37.1 Å². The van der Waals surface area contributed by atoms with Gasteiger partial charge in [-0.25, -0.2) is 9.78 Å². The smallest absolute Gasteiger partial charge is 0.339 e. The Morgan fingerprint density at radius 2 is 2.04 bits per heavy atom. The number of para-hydroxylation sites is 1. The van der Waals surface area contributed by atoms with Crippen LogP contribution < -0.4 is 9.64 Å². The van der Waals surface area contributed by atoms with E-state index >= 15 is 0 Å². The van der Waals surface area contributed by atoms with E-state index in [0.717, 1.165) is 6.42 Å². The maximum atomic E-state index is 12.7. The Kier molecular flexibility index (Phi) is 5.48. The molecule has 2 aromatic rings. The Bertz CT molecular complexity index is 785. The highest BCUT2D eigenvalue weighted by atomic mass is 16.5. The molecule has 136 valence electrons. The Morgan fingerprint density at radius 3 is 2.69 bits per heavy atom. The van der Waals surface area contributed by atoms with E-state index in [-0.39, 0.29) is 12.0 Å². The lowest BCUT2D eigenvalue weighted by molar-refractivity contribution is 0.0601. The molecule has 1 amide bonds. The fourth-order valence-electron chi connectivity index (χ4n) is 2.70. The molecule has 1 aliphatic heterocycles. The normalized spacial score (nSPS) is 16.2. The molecule has 0 spiro atoms. The predicted molar refractivity (Wildman–Crippen MR) is 94.6 cm³/mol. The molecule has 26 heavy (non-hydrogen) atoms. The van der Waals surface area contributed by atoms with E-state index in [1.165, 1.54) is 18.2 Å². The van der Waals surface area contributed by atoms with Crippen molar-refractivity contribution in [2.75, 3.05) is 32.3 Å². The highest BCUT2D eigenvalue weighted by Gasteiger charge is 2.21. The van der Waals surface area contributed by atoms with E-state index in [4.69, 9.17) is 14.2 Å². The molecular formula is C19H20N2O5. The van der Waals surface area contributed by atoms with Gasteiger partial charge in [0.2, 0.25) is 5.88 Å². The maximum Gasteiger partial charge on any atom is 0.339 e. The van der Waals surface area contributed by atoms with Crippen LogP contribution in [0.25, 0.3) is 0 Å². The van der Waals surface area contributed by atoms with Crippen LogP contribution in [0.1, 0.15) is 27.1 Å². The Labute approximate surface area is 151 Å². The van der Waals surface area contributed by atoms with Crippen LogP contribution in [0.15, 0.2) is 42.6 Å². The summed E-state index contributed by atoms with van der Waals surface area (Å²) in [7, 11) is 2.91. The van der Waals surface area contributed by atoms with Crippen LogP contribution in [0.4, 0.5) is 5.69 Å². The zero-order chi connectivity index (χ0) is 18.5. The molecule has 0 saturated carbocycles. The SMILES string of the molecule is COC(=O)c1ccccc1N(C)C(=O)c1ccc(OC2CCOC2)nc1. The van der Waals surface area contributed by atoms with Crippen molar-refractivity contribution < 1.29 is 23.8 Å². The summed E-state index contributed by atoms with van der Waals surface area (Å²) < 4.78 is 15.7. The Hall–Kier alpha value is -2.93. The van der Waals surface area contributed by atoms with Crippen molar-refractivity contribution >= 4 is 17.6 Å². The van der Waals surface area contributed by atoms with E-state index in [2.05, 4.69) is 4.98 Å². The van der Waals surface area contributed by atoms with Crippen LogP contribution >= 0.6 is 0 Å². The van der Waals surface area contributed by atoms with Gasteiger partial charge in [0, 0.05) is 25.7 Å². The largest absolute Gasteiger partial charge is 0.472 e. The third-order valence-corrected chi connectivity index (χ3v) is 4.13. The number of carbonyl (C=O) groups excluding carboxylic acids is 2. The number of pyridine rings is 1. The van der Waals surface area contributed by atoms with Crippen LogP contribution in [0.3, 0.4) is 0 Å². The molecule has 7 heteroatoms. The summed E-state index contributed by atoms with van der Waals surface area (Å²) in [5.41, 5.74) is 1.18. The summed E-state index contributed by atoms with van der Waals surface area (Å²) in [6.45, 7) is 1.24. The number of anilines is 1. The third kappa shape index (κ3) is 3.83. The standard InChI is InChI=1S/C19H20N2O5/c1-21(16-6-4-3-5-15(16)19(23)24-2)18(22)13-7-8-17(20-11-13)26-14-9-10-25-12-14/h3-8,11,14H,9-10,12H2,1-2H3. The van der Waals surface area contributed by atoms with Crippen molar-refractivity contribution in [1.82, 2.24) is 4.98 Å². The maximum absolute atomic E-state index is 12.7. The number of ether oxygens (including phenoxy) is 3. The quantitative estimate of drug-likeness (QED) is 0.765. The molecule has 3 rings (SSSR count). The van der Waals surface area contributed by atoms with Crippen LogP contribution in [0, 0.1) is 0 Å². The minimum atomic E-state index is -0.499. The van der Waals surface area contributed by atoms with Gasteiger partial charge in [-0.05, 0) is 18.2 Å². The van der Waals surface area contributed by atoms with Crippen LogP contribution in [0.2, 0.25) is 0 Å². The fraction of sp³-hybridized carbons (Fsp3) is 0.316. The van der Waals surface area contributed by atoms with Crippen molar-refractivity contribution in [1.29, 1.82) is 0 Å². The number of aromatic nitrogens is 1. The van der Waals surface area contributed by atoms with Gasteiger partial charge in [0.25, 0.3) is 5.91 Å². The number of esters is 1. The van der Waals surface area contributed by atoms with E-state index < -0.39 is 5.97 Å². The average molecular weight is 356 g/mol. The van der Waals surface area contributed by atoms with Crippen LogP contribution in [-0.2, 0) is 9.47 Å². The molecule has 1 aliphatic rings. The monoisotopic (exact) mass is 356 g/mol. The van der Waals surface area contributed by atoms with Crippen LogP contribution in [0.5, 0.6) is 5.88 Å². The number of amides is 1. The summed E-state index contributed by atoms with van der Waals surface area (Å²) in [4.78, 5) is 30.2. The first-order chi connectivity index (χ1) is 12.6. The lowest BCUT2D eigenvalue weighted by Crippen LogP contribution is -2.28. The minimum Gasteiger partial charge on any atom is -0.472 e. The number of benzene rings is 1. The molecule has 0 radical (unpaired) electrons. The molecule has 2 heterocycles. The summed E-state index contributed by atoms with van der Waals surface area (Å²) >= 11 is 0. The molecule has 0 N–H and O–H groups in total. The van der Waals surface area contributed by atoms with Gasteiger partial charge in [-0.3, -0.25) is 4.79 Å². The number of hydrogen-bond donors (Lipinski definition) is 0. The van der Waals surface area contributed by atoms with Crippen molar-refractivity contribution in [3.63, 3.8) is 0 Å². The molecule has 0 aliphatic carbocycles. The van der Waals surface area contributed by atoms with Gasteiger partial charge in [-0.1, -0.05) is 12.1 Å². The number of nitrogens with zero attached hydrogens (tertiary/aromatic N) is 2. The summed E-state index contributed by atoms with van der Waals surface area (Å²) in [6, 6.07) is 10.1. The second kappa shape index (κ2) is 7.97. The molecule has 1 unspecified atom stereocenters. The summed E-state index contributed by atoms with van der Waals surface area (Å²) in [6.07, 6.45) is 2.29. The summed E-state index contributed by atoms with van der Waals surface area (Å²) in [5, 5.41) is 0. The molecule has 1 saturated heterocycles. The van der Waals surface area contributed by atoms with Gasteiger partial charge >= 0.3 is 5.97 Å². The molecule has 1 atom stereocenters. The van der Waals surface area contributed by atoms with E-state index in [1.807, 2.05) is 0 Å². The number of hydrogen-bond acceptors (Lipinski definition) is 6. The van der Waals surface area contributed by atoms with Gasteiger partial charge in [0.1, 0.15) is 6.10 Å². The highest BCUT2D eigenvalue weighted by Crippen LogP contribution is 2.22. The summed E-state index contributed by atoms with van der Waals surface area (Å²) in [5.74, 6) is -0.333. The first-order valence-electron chi connectivity index (χ1n) is 8.26. The number of carbonyl (C=O) groups is 2. The van der Waals surface area contributed by atoms with Gasteiger partial charge in [-0.2, -0.15) is 0 Å². The molecular weight excluding hydrogens is 336 g/mol. The molecule has 7 nitrogen and oxygen atoms in total. The fourth-order valence-corrected chi connectivity index (χ4v) is 2.70. The molecule has 0 bridgehead atoms.